The second-order valence-electron chi connectivity index (χ2n) is 11.1. The Bertz CT molecular complexity index is 1070. The van der Waals surface area contributed by atoms with Gasteiger partial charge in [0.05, 0.1) is 11.2 Å². The molecule has 3 aliphatic rings. The molecule has 2 heterocycles. The molecule has 1 aromatic heterocycles. The SMILES string of the molecule is CCN=C(C=CN)C(=O)N[C@H](C(=O)Nc1ccc(B2OC(C)(C)C(C)(C)O2)c(F)n1)C(C1CC1)C1CC1. The van der Waals surface area contributed by atoms with Crippen LogP contribution in [0.25, 0.3) is 0 Å². The standard InChI is InChI=1S/C26H37BFN5O4/c1-6-30-18(13-14-29)23(34)33-21(20(15-7-8-15)16-9-10-16)24(35)32-19-12-11-17(22(28)31-19)27-36-25(2,3)26(4,5)37-27/h11-16,20-21H,6-10,29H2,1-5H3,(H,33,34)(H,31,32,35)/t21-/m0/s1. The third kappa shape index (κ3) is 6.04. The molecular formula is C26H37BFN5O4. The smallest absolute Gasteiger partial charge is 0.405 e. The summed E-state index contributed by atoms with van der Waals surface area (Å²) in [4.78, 5) is 34.7. The highest BCUT2D eigenvalue weighted by Gasteiger charge is 2.53. The fraction of sp³-hybridized carbons (Fsp3) is 0.615. The van der Waals surface area contributed by atoms with Crippen molar-refractivity contribution in [2.75, 3.05) is 11.9 Å². The maximum absolute atomic E-state index is 15.1. The van der Waals surface area contributed by atoms with E-state index in [0.717, 1.165) is 25.7 Å². The van der Waals surface area contributed by atoms with E-state index < -0.39 is 42.1 Å². The summed E-state index contributed by atoms with van der Waals surface area (Å²) < 4.78 is 26.9. The van der Waals surface area contributed by atoms with Crippen LogP contribution in [0.4, 0.5) is 10.2 Å². The van der Waals surface area contributed by atoms with Crippen LogP contribution in [0.2, 0.25) is 0 Å². The predicted octanol–water partition coefficient (Wildman–Crippen LogP) is 2.31. The van der Waals surface area contributed by atoms with Gasteiger partial charge < -0.3 is 25.7 Å². The second kappa shape index (κ2) is 10.5. The fourth-order valence-electron chi connectivity index (χ4n) is 4.77. The summed E-state index contributed by atoms with van der Waals surface area (Å²) in [5.74, 6) is -0.890. The lowest BCUT2D eigenvalue weighted by Crippen LogP contribution is -2.51. The molecule has 2 amide bonds. The van der Waals surface area contributed by atoms with Crippen molar-refractivity contribution in [1.29, 1.82) is 0 Å². The van der Waals surface area contributed by atoms with E-state index in [1.807, 2.05) is 34.6 Å². The molecule has 1 aliphatic heterocycles. The fourth-order valence-corrected chi connectivity index (χ4v) is 4.77. The van der Waals surface area contributed by atoms with Gasteiger partial charge in [-0.1, -0.05) is 6.07 Å². The number of pyridine rings is 1. The number of carbonyl (C=O) groups excluding carboxylic acids is 2. The first-order valence-corrected chi connectivity index (χ1v) is 13.0. The van der Waals surface area contributed by atoms with Gasteiger partial charge in [-0.15, -0.1) is 0 Å². The molecular weight excluding hydrogens is 476 g/mol. The van der Waals surface area contributed by atoms with Crippen LogP contribution in [-0.2, 0) is 18.9 Å². The average Bonchev–Trinajstić information content (AvgIpc) is 3.73. The Kier molecular flexibility index (Phi) is 7.76. The summed E-state index contributed by atoms with van der Waals surface area (Å²) in [5, 5.41) is 5.61. The van der Waals surface area contributed by atoms with Crippen molar-refractivity contribution >= 4 is 35.9 Å². The third-order valence-corrected chi connectivity index (χ3v) is 7.74. The second-order valence-corrected chi connectivity index (χ2v) is 11.1. The number of aliphatic imine (C=N–C) groups is 1. The van der Waals surface area contributed by atoms with E-state index in [1.165, 1.54) is 24.4 Å². The Balaban J connectivity index is 1.53. The van der Waals surface area contributed by atoms with Crippen LogP contribution in [0.3, 0.4) is 0 Å². The highest BCUT2D eigenvalue weighted by Crippen LogP contribution is 2.50. The Hall–Kier alpha value is -2.79. The maximum atomic E-state index is 15.1. The van der Waals surface area contributed by atoms with E-state index in [0.29, 0.717) is 18.4 Å². The van der Waals surface area contributed by atoms with Crippen molar-refractivity contribution < 1.29 is 23.3 Å². The van der Waals surface area contributed by atoms with Crippen molar-refractivity contribution in [3.8, 4) is 0 Å². The number of hydrogen-bond acceptors (Lipinski definition) is 7. The number of amides is 2. The van der Waals surface area contributed by atoms with Crippen molar-refractivity contribution in [2.24, 2.45) is 28.5 Å². The molecule has 2 aliphatic carbocycles. The predicted molar refractivity (Wildman–Crippen MR) is 141 cm³/mol. The quantitative estimate of drug-likeness (QED) is 0.250. The highest BCUT2D eigenvalue weighted by molar-refractivity contribution is 6.62. The van der Waals surface area contributed by atoms with Gasteiger partial charge in [0.2, 0.25) is 11.9 Å². The molecule has 2 saturated carbocycles. The van der Waals surface area contributed by atoms with Crippen LogP contribution < -0.4 is 21.8 Å². The van der Waals surface area contributed by atoms with Crippen molar-refractivity contribution in [3.05, 3.63) is 30.4 Å². The van der Waals surface area contributed by atoms with Gasteiger partial charge in [0.1, 0.15) is 17.6 Å². The van der Waals surface area contributed by atoms with Gasteiger partial charge in [-0.05, 0) is 96.4 Å². The third-order valence-electron chi connectivity index (χ3n) is 7.74. The number of halogens is 1. The van der Waals surface area contributed by atoms with Gasteiger partial charge in [-0.25, -0.2) is 4.98 Å². The molecule has 0 spiro atoms. The molecule has 0 radical (unpaired) electrons. The number of nitrogens with zero attached hydrogens (tertiary/aromatic N) is 2. The van der Waals surface area contributed by atoms with E-state index in [1.54, 1.807) is 0 Å². The van der Waals surface area contributed by atoms with Gasteiger partial charge in [-0.2, -0.15) is 4.39 Å². The summed E-state index contributed by atoms with van der Waals surface area (Å²) in [6.45, 7) is 9.76. The molecule has 4 rings (SSSR count). The largest absolute Gasteiger partial charge is 0.499 e. The summed E-state index contributed by atoms with van der Waals surface area (Å²) in [5.41, 5.74) is 4.55. The van der Waals surface area contributed by atoms with Crippen molar-refractivity contribution in [1.82, 2.24) is 10.3 Å². The minimum Gasteiger partial charge on any atom is -0.405 e. The monoisotopic (exact) mass is 513 g/mol. The van der Waals surface area contributed by atoms with Gasteiger partial charge in [-0.3, -0.25) is 14.6 Å². The van der Waals surface area contributed by atoms with Gasteiger partial charge in [0, 0.05) is 12.0 Å². The average molecular weight is 513 g/mol. The Morgan fingerprint density at radius 1 is 1.19 bits per heavy atom. The van der Waals surface area contributed by atoms with E-state index in [2.05, 4.69) is 20.6 Å². The zero-order chi connectivity index (χ0) is 27.0. The minimum atomic E-state index is -0.907. The van der Waals surface area contributed by atoms with Crippen LogP contribution in [0.1, 0.15) is 60.3 Å². The Morgan fingerprint density at radius 2 is 1.78 bits per heavy atom. The lowest BCUT2D eigenvalue weighted by Gasteiger charge is -2.32. The molecule has 0 bridgehead atoms. The van der Waals surface area contributed by atoms with E-state index in [4.69, 9.17) is 15.0 Å². The van der Waals surface area contributed by atoms with Crippen molar-refractivity contribution in [3.63, 3.8) is 0 Å². The van der Waals surface area contributed by atoms with Gasteiger partial charge >= 0.3 is 7.12 Å². The number of nitrogens with two attached hydrogens (primary N) is 1. The van der Waals surface area contributed by atoms with Crippen LogP contribution in [0.15, 0.2) is 29.4 Å². The molecule has 200 valence electrons. The van der Waals surface area contributed by atoms with E-state index in [-0.39, 0.29) is 22.9 Å². The summed E-state index contributed by atoms with van der Waals surface area (Å²) in [6, 6.07) is 2.23. The summed E-state index contributed by atoms with van der Waals surface area (Å²) >= 11 is 0. The zero-order valence-corrected chi connectivity index (χ0v) is 22.2. The topological polar surface area (TPSA) is 128 Å². The van der Waals surface area contributed by atoms with Gasteiger partial charge in [0.15, 0.2) is 0 Å². The zero-order valence-electron chi connectivity index (χ0n) is 22.2. The molecule has 4 N–H and O–H groups in total. The first-order valence-electron chi connectivity index (χ1n) is 13.0. The Labute approximate surface area is 218 Å². The van der Waals surface area contributed by atoms with E-state index in [9.17, 15) is 9.59 Å². The molecule has 0 aromatic carbocycles. The highest BCUT2D eigenvalue weighted by atomic mass is 19.1. The summed E-state index contributed by atoms with van der Waals surface area (Å²) in [7, 11) is -0.907. The molecule has 9 nitrogen and oxygen atoms in total. The number of anilines is 1. The van der Waals surface area contributed by atoms with E-state index >= 15 is 4.39 Å². The first-order chi connectivity index (χ1) is 17.5. The summed E-state index contributed by atoms with van der Waals surface area (Å²) in [6.07, 6.45) is 6.76. The minimum absolute atomic E-state index is 0.00237. The molecule has 3 fully saturated rings. The number of carbonyl (C=O) groups is 2. The molecule has 11 heteroatoms. The molecule has 1 saturated heterocycles. The molecule has 1 atom stereocenters. The van der Waals surface area contributed by atoms with Crippen LogP contribution >= 0.6 is 0 Å². The Morgan fingerprint density at radius 3 is 2.27 bits per heavy atom. The molecule has 37 heavy (non-hydrogen) atoms. The molecule has 1 aromatic rings. The van der Waals surface area contributed by atoms with Gasteiger partial charge in [0.25, 0.3) is 5.91 Å². The first kappa shape index (κ1) is 27.3. The van der Waals surface area contributed by atoms with Crippen LogP contribution in [0.5, 0.6) is 0 Å². The number of aromatic nitrogens is 1. The number of nitrogens with one attached hydrogen (secondary N) is 2. The number of rotatable bonds is 10. The van der Waals surface area contributed by atoms with Crippen molar-refractivity contribution in [2.45, 2.75) is 77.5 Å². The number of hydrogen-bond donors (Lipinski definition) is 3. The lowest BCUT2D eigenvalue weighted by atomic mass is 9.80. The van der Waals surface area contributed by atoms with Crippen LogP contribution in [0, 0.1) is 23.7 Å². The molecule has 0 unspecified atom stereocenters. The normalized spacial score (nSPS) is 21.9. The van der Waals surface area contributed by atoms with Crippen LogP contribution in [-0.4, -0.2) is 53.4 Å². The lowest BCUT2D eigenvalue weighted by molar-refractivity contribution is -0.124. The maximum Gasteiger partial charge on any atom is 0.499 e.